The van der Waals surface area contributed by atoms with E-state index in [-0.39, 0.29) is 5.41 Å². The topological polar surface area (TPSA) is 27.0 Å². The van der Waals surface area contributed by atoms with Crippen molar-refractivity contribution >= 4 is 15.9 Å². The van der Waals surface area contributed by atoms with Gasteiger partial charge in [0.25, 0.3) is 0 Å². The van der Waals surface area contributed by atoms with Crippen molar-refractivity contribution in [3.63, 3.8) is 0 Å². The predicted molar refractivity (Wildman–Crippen MR) is 115 cm³/mol. The van der Waals surface area contributed by atoms with E-state index in [9.17, 15) is 5.26 Å². The lowest BCUT2D eigenvalue weighted by atomic mass is 9.74. The molecular weight excluding hydrogens is 396 g/mol. The third-order valence-electron chi connectivity index (χ3n) is 5.66. The summed E-state index contributed by atoms with van der Waals surface area (Å²) >= 11 is 3.70. The third kappa shape index (κ3) is 5.00. The third-order valence-corrected chi connectivity index (χ3v) is 6.35. The maximum absolute atomic E-state index is 10.2. The number of nitriles is 1. The molecular formula is C24H29BrN2. The highest BCUT2D eigenvalue weighted by molar-refractivity contribution is 9.10. The Labute approximate surface area is 172 Å². The molecule has 3 rings (SSSR count). The minimum atomic E-state index is -0.343. The minimum absolute atomic E-state index is 0.343. The van der Waals surface area contributed by atoms with E-state index in [1.54, 1.807) is 0 Å². The van der Waals surface area contributed by atoms with Crippen molar-refractivity contribution in [2.75, 3.05) is 13.1 Å². The fourth-order valence-electron chi connectivity index (χ4n) is 4.17. The Bertz CT molecular complexity index is 763. The maximum Gasteiger partial charge on any atom is 0.0861 e. The summed E-state index contributed by atoms with van der Waals surface area (Å²) in [7, 11) is 0. The lowest BCUT2D eigenvalue weighted by Crippen LogP contribution is -2.31. The Morgan fingerprint density at radius 3 is 2.41 bits per heavy atom. The molecule has 0 N–H and O–H groups in total. The van der Waals surface area contributed by atoms with Crippen molar-refractivity contribution in [2.45, 2.75) is 51.0 Å². The first kappa shape index (κ1) is 20.1. The average molecular weight is 425 g/mol. The summed E-state index contributed by atoms with van der Waals surface area (Å²) in [5.41, 5.74) is 2.20. The molecule has 0 heterocycles. The quantitative estimate of drug-likeness (QED) is 0.446. The van der Waals surface area contributed by atoms with E-state index < -0.39 is 0 Å². The molecule has 0 spiro atoms. The highest BCUT2D eigenvalue weighted by Crippen LogP contribution is 2.51. The monoisotopic (exact) mass is 424 g/mol. The standard InChI is InChI=1S/C24H29BrN2/c1-2-16-27(18-20-9-4-3-5-10-20)17-8-15-24(19-26,21-13-14-21)22-11-6-7-12-23(22)25/h3-7,9-12,21H,2,8,13-18H2,1H3. The molecule has 1 aliphatic carbocycles. The van der Waals surface area contributed by atoms with Gasteiger partial charge in [0.15, 0.2) is 0 Å². The van der Waals surface area contributed by atoms with Gasteiger partial charge in [-0.1, -0.05) is 71.4 Å². The molecule has 1 saturated carbocycles. The summed E-state index contributed by atoms with van der Waals surface area (Å²) < 4.78 is 1.08. The van der Waals surface area contributed by atoms with Crippen LogP contribution in [0.5, 0.6) is 0 Å². The van der Waals surface area contributed by atoms with E-state index in [0.717, 1.165) is 43.4 Å². The van der Waals surface area contributed by atoms with Gasteiger partial charge in [-0.15, -0.1) is 0 Å². The molecule has 0 radical (unpaired) electrons. The molecule has 0 aromatic heterocycles. The van der Waals surface area contributed by atoms with Gasteiger partial charge in [-0.25, -0.2) is 0 Å². The summed E-state index contributed by atoms with van der Waals surface area (Å²) in [5, 5.41) is 10.2. The smallest absolute Gasteiger partial charge is 0.0861 e. The fourth-order valence-corrected chi connectivity index (χ4v) is 4.81. The molecule has 1 fully saturated rings. The van der Waals surface area contributed by atoms with Crippen molar-refractivity contribution in [1.82, 2.24) is 4.90 Å². The van der Waals surface area contributed by atoms with Gasteiger partial charge in [-0.2, -0.15) is 5.26 Å². The van der Waals surface area contributed by atoms with E-state index in [1.165, 1.54) is 24.0 Å². The molecule has 2 aromatic carbocycles. The van der Waals surface area contributed by atoms with Crippen LogP contribution in [0.1, 0.15) is 50.2 Å². The van der Waals surface area contributed by atoms with Crippen LogP contribution in [-0.4, -0.2) is 18.0 Å². The van der Waals surface area contributed by atoms with Gasteiger partial charge in [-0.3, -0.25) is 4.90 Å². The van der Waals surface area contributed by atoms with Crippen LogP contribution in [0.3, 0.4) is 0 Å². The highest BCUT2D eigenvalue weighted by atomic mass is 79.9. The normalized spacial score (nSPS) is 16.1. The molecule has 27 heavy (non-hydrogen) atoms. The zero-order valence-corrected chi connectivity index (χ0v) is 17.8. The van der Waals surface area contributed by atoms with Crippen molar-refractivity contribution in [3.8, 4) is 6.07 Å². The molecule has 0 saturated heterocycles. The first-order valence-corrected chi connectivity index (χ1v) is 10.9. The van der Waals surface area contributed by atoms with E-state index in [0.29, 0.717) is 5.92 Å². The summed E-state index contributed by atoms with van der Waals surface area (Å²) in [4.78, 5) is 2.53. The molecule has 1 atom stereocenters. The van der Waals surface area contributed by atoms with Gasteiger partial charge in [0, 0.05) is 11.0 Å². The Morgan fingerprint density at radius 2 is 1.78 bits per heavy atom. The molecule has 2 aromatic rings. The maximum atomic E-state index is 10.2. The Morgan fingerprint density at radius 1 is 1.07 bits per heavy atom. The minimum Gasteiger partial charge on any atom is -0.299 e. The zero-order valence-electron chi connectivity index (χ0n) is 16.2. The number of rotatable bonds is 10. The van der Waals surface area contributed by atoms with Crippen molar-refractivity contribution in [2.24, 2.45) is 5.92 Å². The highest BCUT2D eigenvalue weighted by Gasteiger charge is 2.47. The first-order chi connectivity index (χ1) is 13.2. The van der Waals surface area contributed by atoms with E-state index >= 15 is 0 Å². The van der Waals surface area contributed by atoms with Crippen LogP contribution >= 0.6 is 15.9 Å². The molecule has 0 bridgehead atoms. The van der Waals surface area contributed by atoms with Gasteiger partial charge in [-0.05, 0) is 68.3 Å². The average Bonchev–Trinajstić information content (AvgIpc) is 3.53. The van der Waals surface area contributed by atoms with Crippen LogP contribution in [0.2, 0.25) is 0 Å². The SMILES string of the molecule is CCCN(CCCC(C#N)(c1ccccc1Br)C1CC1)Cc1ccccc1. The second kappa shape index (κ2) is 9.53. The number of hydrogen-bond acceptors (Lipinski definition) is 2. The van der Waals surface area contributed by atoms with Crippen LogP contribution in [0.4, 0.5) is 0 Å². The molecule has 0 aliphatic heterocycles. The number of halogens is 1. The molecule has 2 nitrogen and oxygen atoms in total. The number of nitrogens with zero attached hydrogens (tertiary/aromatic N) is 2. The second-order valence-corrected chi connectivity index (χ2v) is 8.56. The van der Waals surface area contributed by atoms with E-state index in [2.05, 4.69) is 82.4 Å². The van der Waals surface area contributed by atoms with E-state index in [4.69, 9.17) is 0 Å². The van der Waals surface area contributed by atoms with Gasteiger partial charge in [0.2, 0.25) is 0 Å². The Balaban J connectivity index is 1.68. The molecule has 142 valence electrons. The lowest BCUT2D eigenvalue weighted by Gasteiger charge is -2.30. The predicted octanol–water partition coefficient (Wildman–Crippen LogP) is 6.31. The largest absolute Gasteiger partial charge is 0.299 e. The van der Waals surface area contributed by atoms with Gasteiger partial charge in [0.1, 0.15) is 0 Å². The van der Waals surface area contributed by atoms with E-state index in [1.807, 2.05) is 6.07 Å². The summed E-state index contributed by atoms with van der Waals surface area (Å²) in [6.45, 7) is 5.38. The first-order valence-electron chi connectivity index (χ1n) is 10.1. The van der Waals surface area contributed by atoms with Crippen LogP contribution < -0.4 is 0 Å². The summed E-state index contributed by atoms with van der Waals surface area (Å²) in [6, 6.07) is 21.7. The van der Waals surface area contributed by atoms with Crippen molar-refractivity contribution < 1.29 is 0 Å². The molecule has 0 amide bonds. The van der Waals surface area contributed by atoms with Crippen molar-refractivity contribution in [3.05, 3.63) is 70.2 Å². The van der Waals surface area contributed by atoms with Crippen LogP contribution in [0.25, 0.3) is 0 Å². The van der Waals surface area contributed by atoms with Crippen LogP contribution in [-0.2, 0) is 12.0 Å². The number of hydrogen-bond donors (Lipinski definition) is 0. The summed E-state index contributed by atoms with van der Waals surface area (Å²) in [6.07, 6.45) is 5.50. The molecule has 3 heteroatoms. The molecule has 1 aliphatic rings. The lowest BCUT2D eigenvalue weighted by molar-refractivity contribution is 0.250. The van der Waals surface area contributed by atoms with Gasteiger partial charge < -0.3 is 0 Å². The second-order valence-electron chi connectivity index (χ2n) is 7.70. The molecule has 1 unspecified atom stereocenters. The Hall–Kier alpha value is -1.63. The van der Waals surface area contributed by atoms with Crippen LogP contribution in [0.15, 0.2) is 59.1 Å². The van der Waals surface area contributed by atoms with Gasteiger partial charge >= 0.3 is 0 Å². The van der Waals surface area contributed by atoms with Crippen molar-refractivity contribution in [1.29, 1.82) is 5.26 Å². The van der Waals surface area contributed by atoms with Crippen LogP contribution in [0, 0.1) is 17.2 Å². The fraction of sp³-hybridized carbons (Fsp3) is 0.458. The zero-order chi connectivity index (χ0) is 19.1. The number of benzene rings is 2. The summed E-state index contributed by atoms with van der Waals surface area (Å²) in [5.74, 6) is 0.509. The van der Waals surface area contributed by atoms with Gasteiger partial charge in [0.05, 0.1) is 11.5 Å². The Kier molecular flexibility index (Phi) is 7.10.